The molecule has 0 unspecified atom stereocenters. The van der Waals surface area contributed by atoms with Crippen LogP contribution >= 0.6 is 0 Å². The number of aryl methyl sites for hydroxylation is 1. The molecule has 3 rings (SSSR count). The molecule has 0 fully saturated rings. The monoisotopic (exact) mass is 316 g/mol. The Kier molecular flexibility index (Phi) is 4.31. The normalized spacial score (nSPS) is 17.5. The molecule has 0 atom stereocenters. The highest BCUT2D eigenvalue weighted by Crippen LogP contribution is 2.45. The van der Waals surface area contributed by atoms with Crippen LogP contribution in [0.5, 0.6) is 0 Å². The van der Waals surface area contributed by atoms with Crippen molar-refractivity contribution in [1.82, 2.24) is 0 Å². The Labute approximate surface area is 147 Å². The van der Waals surface area contributed by atoms with Crippen molar-refractivity contribution in [3.8, 4) is 11.8 Å². The summed E-state index contributed by atoms with van der Waals surface area (Å²) in [6.07, 6.45) is 3.34. The number of fused-ring (bicyclic) bond motifs is 1. The Balaban J connectivity index is 1.85. The van der Waals surface area contributed by atoms with Crippen LogP contribution < -0.4 is 0 Å². The van der Waals surface area contributed by atoms with Gasteiger partial charge in [-0.15, -0.1) is 0 Å². The van der Waals surface area contributed by atoms with Crippen molar-refractivity contribution in [2.45, 2.75) is 64.7 Å². The Morgan fingerprint density at radius 1 is 0.833 bits per heavy atom. The van der Waals surface area contributed by atoms with E-state index in [9.17, 15) is 0 Å². The van der Waals surface area contributed by atoms with Crippen LogP contribution in [0.4, 0.5) is 0 Å². The van der Waals surface area contributed by atoms with Gasteiger partial charge >= 0.3 is 0 Å². The van der Waals surface area contributed by atoms with Gasteiger partial charge in [0, 0.05) is 12.0 Å². The van der Waals surface area contributed by atoms with Gasteiger partial charge in [0.15, 0.2) is 0 Å². The van der Waals surface area contributed by atoms with Crippen LogP contribution in [-0.4, -0.2) is 0 Å². The van der Waals surface area contributed by atoms with E-state index >= 15 is 0 Å². The molecule has 0 bridgehead atoms. The number of hydrogen-bond donors (Lipinski definition) is 0. The fraction of sp³-hybridized carbons (Fsp3) is 0.417. The molecule has 2 aromatic rings. The van der Waals surface area contributed by atoms with Gasteiger partial charge in [0.05, 0.1) is 0 Å². The first-order valence-electron chi connectivity index (χ1n) is 8.97. The molecule has 0 saturated carbocycles. The fourth-order valence-corrected chi connectivity index (χ4v) is 3.63. The standard InChI is InChI=1S/C24H28/c1-18-9-11-19(12-10-18)7-6-8-20-13-14-21-22(17-20)24(4,5)16-15-23(21,2)3/h9-14,17H,8,15-16H2,1-5H3. The minimum Gasteiger partial charge on any atom is -0.0931 e. The summed E-state index contributed by atoms with van der Waals surface area (Å²) in [5.74, 6) is 6.63. The molecule has 0 spiro atoms. The molecule has 124 valence electrons. The third-order valence-corrected chi connectivity index (χ3v) is 5.49. The number of rotatable bonds is 1. The summed E-state index contributed by atoms with van der Waals surface area (Å²) in [5, 5.41) is 0. The highest BCUT2D eigenvalue weighted by molar-refractivity contribution is 5.45. The van der Waals surface area contributed by atoms with Crippen LogP contribution in [0.25, 0.3) is 0 Å². The average Bonchev–Trinajstić information content (AvgIpc) is 2.54. The highest BCUT2D eigenvalue weighted by Gasteiger charge is 2.36. The molecule has 1 aliphatic rings. The fourth-order valence-electron chi connectivity index (χ4n) is 3.63. The predicted molar refractivity (Wildman–Crippen MR) is 103 cm³/mol. The van der Waals surface area contributed by atoms with Gasteiger partial charge in [0.2, 0.25) is 0 Å². The van der Waals surface area contributed by atoms with Crippen LogP contribution in [-0.2, 0) is 17.3 Å². The lowest BCUT2D eigenvalue weighted by Crippen LogP contribution is -2.33. The van der Waals surface area contributed by atoms with Gasteiger partial charge in [-0.1, -0.05) is 75.4 Å². The zero-order chi connectivity index (χ0) is 17.4. The van der Waals surface area contributed by atoms with Crippen molar-refractivity contribution in [3.63, 3.8) is 0 Å². The first-order chi connectivity index (χ1) is 11.3. The topological polar surface area (TPSA) is 0 Å². The van der Waals surface area contributed by atoms with E-state index in [4.69, 9.17) is 0 Å². The smallest absolute Gasteiger partial charge is 0.0344 e. The second-order valence-corrected chi connectivity index (χ2v) is 8.49. The molecule has 0 saturated heterocycles. The predicted octanol–water partition coefficient (Wildman–Crippen LogP) is 5.94. The van der Waals surface area contributed by atoms with E-state index in [1.807, 2.05) is 0 Å². The van der Waals surface area contributed by atoms with Crippen LogP contribution in [0, 0.1) is 18.8 Å². The Bertz CT molecular complexity index is 792. The quantitative estimate of drug-likeness (QED) is 0.571. The van der Waals surface area contributed by atoms with Crippen LogP contribution in [0.2, 0.25) is 0 Å². The van der Waals surface area contributed by atoms with Crippen LogP contribution in [0.15, 0.2) is 42.5 Å². The Hall–Kier alpha value is -2.00. The van der Waals surface area contributed by atoms with E-state index < -0.39 is 0 Å². The van der Waals surface area contributed by atoms with Gasteiger partial charge in [0.1, 0.15) is 0 Å². The van der Waals surface area contributed by atoms with Gasteiger partial charge in [-0.3, -0.25) is 0 Å². The first kappa shape index (κ1) is 16.8. The van der Waals surface area contributed by atoms with E-state index in [1.54, 1.807) is 0 Å². The average molecular weight is 316 g/mol. The van der Waals surface area contributed by atoms with Gasteiger partial charge in [-0.05, 0) is 59.4 Å². The zero-order valence-corrected chi connectivity index (χ0v) is 15.7. The molecule has 0 aliphatic heterocycles. The van der Waals surface area contributed by atoms with E-state index in [-0.39, 0.29) is 10.8 Å². The third-order valence-electron chi connectivity index (χ3n) is 5.49. The maximum absolute atomic E-state index is 3.34. The Morgan fingerprint density at radius 3 is 2.12 bits per heavy atom. The maximum Gasteiger partial charge on any atom is 0.0344 e. The summed E-state index contributed by atoms with van der Waals surface area (Å²) in [4.78, 5) is 0. The molecule has 0 nitrogen and oxygen atoms in total. The van der Waals surface area contributed by atoms with Crippen molar-refractivity contribution in [2.75, 3.05) is 0 Å². The molecule has 0 amide bonds. The van der Waals surface area contributed by atoms with Crippen molar-refractivity contribution < 1.29 is 0 Å². The second kappa shape index (κ2) is 6.14. The van der Waals surface area contributed by atoms with Crippen molar-refractivity contribution in [2.24, 2.45) is 0 Å². The van der Waals surface area contributed by atoms with Crippen molar-refractivity contribution >= 4 is 0 Å². The van der Waals surface area contributed by atoms with E-state index in [0.717, 1.165) is 12.0 Å². The lowest BCUT2D eigenvalue weighted by molar-refractivity contribution is 0.331. The van der Waals surface area contributed by atoms with Gasteiger partial charge in [0.25, 0.3) is 0 Å². The minimum absolute atomic E-state index is 0.269. The van der Waals surface area contributed by atoms with Crippen LogP contribution in [0.3, 0.4) is 0 Å². The van der Waals surface area contributed by atoms with Crippen molar-refractivity contribution in [1.29, 1.82) is 0 Å². The Morgan fingerprint density at radius 2 is 1.46 bits per heavy atom. The van der Waals surface area contributed by atoms with Gasteiger partial charge in [-0.25, -0.2) is 0 Å². The summed E-state index contributed by atoms with van der Waals surface area (Å²) >= 11 is 0. The molecule has 0 heteroatoms. The molecule has 0 N–H and O–H groups in total. The van der Waals surface area contributed by atoms with E-state index in [2.05, 4.69) is 88.9 Å². The molecular formula is C24H28. The lowest BCUT2D eigenvalue weighted by Gasteiger charge is -2.42. The maximum atomic E-state index is 3.34. The highest BCUT2D eigenvalue weighted by atomic mass is 14.4. The SMILES string of the molecule is Cc1ccc(C#CCc2ccc3c(c2)C(C)(C)CCC3(C)C)cc1. The zero-order valence-electron chi connectivity index (χ0n) is 15.7. The largest absolute Gasteiger partial charge is 0.0931 e. The van der Waals surface area contributed by atoms with Crippen molar-refractivity contribution in [3.05, 3.63) is 70.3 Å². The molecule has 1 aliphatic carbocycles. The number of hydrogen-bond acceptors (Lipinski definition) is 0. The second-order valence-electron chi connectivity index (χ2n) is 8.49. The summed E-state index contributed by atoms with van der Waals surface area (Å²) in [5.41, 5.74) is 7.31. The van der Waals surface area contributed by atoms with E-state index in [1.165, 1.54) is 35.1 Å². The molecule has 0 aromatic heterocycles. The van der Waals surface area contributed by atoms with Gasteiger partial charge < -0.3 is 0 Å². The first-order valence-corrected chi connectivity index (χ1v) is 8.97. The third kappa shape index (κ3) is 3.41. The molecule has 24 heavy (non-hydrogen) atoms. The molecule has 0 heterocycles. The molecule has 0 radical (unpaired) electrons. The molecule has 2 aromatic carbocycles. The van der Waals surface area contributed by atoms with E-state index in [0.29, 0.717) is 0 Å². The minimum atomic E-state index is 0.269. The number of benzene rings is 2. The lowest BCUT2D eigenvalue weighted by atomic mass is 9.63. The summed E-state index contributed by atoms with van der Waals surface area (Å²) in [7, 11) is 0. The molecular weight excluding hydrogens is 288 g/mol. The summed E-state index contributed by atoms with van der Waals surface area (Å²) in [6.45, 7) is 11.6. The summed E-state index contributed by atoms with van der Waals surface area (Å²) < 4.78 is 0. The van der Waals surface area contributed by atoms with Crippen LogP contribution in [0.1, 0.15) is 68.4 Å². The van der Waals surface area contributed by atoms with Gasteiger partial charge in [-0.2, -0.15) is 0 Å². The summed E-state index contributed by atoms with van der Waals surface area (Å²) in [6, 6.07) is 15.5.